The van der Waals surface area contributed by atoms with Gasteiger partial charge in [-0.15, -0.1) is 0 Å². The minimum atomic E-state index is -0.320. The molecule has 15 heavy (non-hydrogen) atoms. The first-order valence-corrected chi connectivity index (χ1v) is 5.78. The van der Waals surface area contributed by atoms with E-state index in [1.54, 1.807) is 0 Å². The predicted octanol–water partition coefficient (Wildman–Crippen LogP) is 1.50. The first kappa shape index (κ1) is 12.3. The lowest BCUT2D eigenvalue weighted by Crippen LogP contribution is -2.31. The summed E-state index contributed by atoms with van der Waals surface area (Å²) in [4.78, 5) is 10.9. The van der Waals surface area contributed by atoms with Crippen molar-refractivity contribution in [3.63, 3.8) is 0 Å². The van der Waals surface area contributed by atoms with E-state index in [9.17, 15) is 4.79 Å². The van der Waals surface area contributed by atoms with Crippen LogP contribution in [-0.2, 0) is 4.74 Å². The van der Waals surface area contributed by atoms with E-state index in [1.807, 2.05) is 0 Å². The van der Waals surface area contributed by atoms with Crippen LogP contribution < -0.4 is 11.1 Å². The van der Waals surface area contributed by atoms with E-state index in [0.29, 0.717) is 5.92 Å². The molecule has 0 saturated heterocycles. The largest absolute Gasteiger partial charge is 0.453 e. The van der Waals surface area contributed by atoms with Crippen LogP contribution in [0.2, 0.25) is 0 Å². The number of hydrogen-bond donors (Lipinski definition) is 2. The summed E-state index contributed by atoms with van der Waals surface area (Å²) in [6, 6.07) is 0. The molecular weight excluding hydrogens is 192 g/mol. The zero-order valence-electron chi connectivity index (χ0n) is 9.50. The van der Waals surface area contributed by atoms with Crippen LogP contribution in [0.25, 0.3) is 0 Å². The van der Waals surface area contributed by atoms with Crippen LogP contribution in [0.4, 0.5) is 4.79 Å². The van der Waals surface area contributed by atoms with Crippen LogP contribution in [0.5, 0.6) is 0 Å². The van der Waals surface area contributed by atoms with Gasteiger partial charge in [0.2, 0.25) is 0 Å². The van der Waals surface area contributed by atoms with Crippen LogP contribution in [-0.4, -0.2) is 26.3 Å². The zero-order valence-corrected chi connectivity index (χ0v) is 9.50. The van der Waals surface area contributed by atoms with Crippen molar-refractivity contribution in [2.45, 2.75) is 32.1 Å². The third-order valence-corrected chi connectivity index (χ3v) is 3.26. The summed E-state index contributed by atoms with van der Waals surface area (Å²) in [6.07, 6.45) is 5.75. The van der Waals surface area contributed by atoms with Crippen LogP contribution in [0, 0.1) is 11.8 Å². The van der Waals surface area contributed by atoms with E-state index in [0.717, 1.165) is 25.4 Å². The molecule has 0 aliphatic heterocycles. The first-order valence-electron chi connectivity index (χ1n) is 5.78. The molecule has 1 aliphatic carbocycles. The summed E-state index contributed by atoms with van der Waals surface area (Å²) in [5.74, 6) is 1.43. The average Bonchev–Trinajstić information content (AvgIpc) is 2.28. The van der Waals surface area contributed by atoms with E-state index in [1.165, 1.54) is 32.8 Å². The molecule has 88 valence electrons. The Morgan fingerprint density at radius 2 is 1.93 bits per heavy atom. The van der Waals surface area contributed by atoms with Gasteiger partial charge in [-0.1, -0.05) is 12.8 Å². The van der Waals surface area contributed by atoms with Gasteiger partial charge in [-0.3, -0.25) is 0 Å². The fraction of sp³-hybridized carbons (Fsp3) is 0.909. The number of carbonyl (C=O) groups excluding carboxylic acids is 1. The molecule has 4 heteroatoms. The summed E-state index contributed by atoms with van der Waals surface area (Å²) >= 11 is 0. The van der Waals surface area contributed by atoms with Gasteiger partial charge in [0.15, 0.2) is 0 Å². The maximum absolute atomic E-state index is 10.9. The van der Waals surface area contributed by atoms with Gasteiger partial charge in [0, 0.05) is 6.54 Å². The van der Waals surface area contributed by atoms with E-state index < -0.39 is 0 Å². The Bertz CT molecular complexity index is 189. The summed E-state index contributed by atoms with van der Waals surface area (Å²) in [6.45, 7) is 1.55. The standard InChI is InChI=1S/C11H22N2O2/c1-15-11(14)13-8-10-4-2-9(3-5-10)6-7-12/h9-10H,2-8,12H2,1H3,(H,13,14). The highest BCUT2D eigenvalue weighted by atomic mass is 16.5. The Morgan fingerprint density at radius 1 is 1.33 bits per heavy atom. The molecule has 0 radical (unpaired) electrons. The molecule has 0 aromatic rings. The molecule has 0 atom stereocenters. The number of hydrogen-bond acceptors (Lipinski definition) is 3. The molecule has 1 aliphatic rings. The van der Waals surface area contributed by atoms with Crippen molar-refractivity contribution in [1.82, 2.24) is 5.32 Å². The van der Waals surface area contributed by atoms with Crippen LogP contribution >= 0.6 is 0 Å². The maximum Gasteiger partial charge on any atom is 0.406 e. The van der Waals surface area contributed by atoms with Crippen molar-refractivity contribution in [2.24, 2.45) is 17.6 Å². The number of nitrogens with one attached hydrogen (secondary N) is 1. The molecule has 0 aromatic carbocycles. The van der Waals surface area contributed by atoms with Crippen LogP contribution in [0.3, 0.4) is 0 Å². The van der Waals surface area contributed by atoms with Gasteiger partial charge in [0.05, 0.1) is 7.11 Å². The van der Waals surface area contributed by atoms with E-state index in [2.05, 4.69) is 10.1 Å². The molecule has 1 saturated carbocycles. The van der Waals surface area contributed by atoms with Gasteiger partial charge in [0.1, 0.15) is 0 Å². The Hall–Kier alpha value is -0.770. The molecule has 1 amide bonds. The number of alkyl carbamates (subject to hydrolysis) is 1. The highest BCUT2D eigenvalue weighted by Crippen LogP contribution is 2.29. The van der Waals surface area contributed by atoms with Crippen molar-refractivity contribution in [3.05, 3.63) is 0 Å². The second-order valence-corrected chi connectivity index (χ2v) is 4.34. The van der Waals surface area contributed by atoms with Crippen LogP contribution in [0.1, 0.15) is 32.1 Å². The lowest BCUT2D eigenvalue weighted by molar-refractivity contribution is 0.165. The lowest BCUT2D eigenvalue weighted by Gasteiger charge is -2.28. The number of rotatable bonds is 4. The van der Waals surface area contributed by atoms with Crippen molar-refractivity contribution in [2.75, 3.05) is 20.2 Å². The first-order chi connectivity index (χ1) is 7.26. The van der Waals surface area contributed by atoms with E-state index in [-0.39, 0.29) is 6.09 Å². The fourth-order valence-electron chi connectivity index (χ4n) is 2.26. The number of carbonyl (C=O) groups is 1. The normalized spacial score (nSPS) is 26.0. The molecule has 0 heterocycles. The third kappa shape index (κ3) is 4.51. The highest BCUT2D eigenvalue weighted by Gasteiger charge is 2.20. The predicted molar refractivity (Wildman–Crippen MR) is 59.5 cm³/mol. The number of methoxy groups -OCH3 is 1. The minimum Gasteiger partial charge on any atom is -0.453 e. The van der Waals surface area contributed by atoms with Gasteiger partial charge in [-0.25, -0.2) is 4.79 Å². The quantitative estimate of drug-likeness (QED) is 0.745. The molecule has 1 fully saturated rings. The SMILES string of the molecule is COC(=O)NCC1CCC(CCN)CC1. The van der Waals surface area contributed by atoms with Gasteiger partial charge in [-0.05, 0) is 37.6 Å². The number of nitrogens with two attached hydrogens (primary N) is 1. The smallest absolute Gasteiger partial charge is 0.406 e. The van der Waals surface area contributed by atoms with Gasteiger partial charge in [0.25, 0.3) is 0 Å². The second-order valence-electron chi connectivity index (χ2n) is 4.34. The Kier molecular flexibility index (Phi) is 5.47. The third-order valence-electron chi connectivity index (χ3n) is 3.26. The van der Waals surface area contributed by atoms with E-state index in [4.69, 9.17) is 5.73 Å². The van der Waals surface area contributed by atoms with Gasteiger partial charge in [-0.2, -0.15) is 0 Å². The summed E-state index contributed by atoms with van der Waals surface area (Å²) in [5.41, 5.74) is 5.54. The van der Waals surface area contributed by atoms with Crippen LogP contribution in [0.15, 0.2) is 0 Å². The molecule has 0 spiro atoms. The van der Waals surface area contributed by atoms with Crippen molar-refractivity contribution in [1.29, 1.82) is 0 Å². The van der Waals surface area contributed by atoms with Crippen molar-refractivity contribution < 1.29 is 9.53 Å². The lowest BCUT2D eigenvalue weighted by atomic mass is 9.80. The average molecular weight is 214 g/mol. The number of amides is 1. The van der Waals surface area contributed by atoms with Gasteiger partial charge >= 0.3 is 6.09 Å². The topological polar surface area (TPSA) is 64.3 Å². The molecule has 1 rings (SSSR count). The molecule has 0 aromatic heterocycles. The molecule has 0 unspecified atom stereocenters. The Morgan fingerprint density at radius 3 is 2.47 bits per heavy atom. The molecule has 3 N–H and O–H groups in total. The molecule has 0 bridgehead atoms. The zero-order chi connectivity index (χ0) is 11.1. The summed E-state index contributed by atoms with van der Waals surface area (Å²) in [7, 11) is 1.40. The van der Waals surface area contributed by atoms with E-state index >= 15 is 0 Å². The summed E-state index contributed by atoms with van der Waals surface area (Å²) in [5, 5.41) is 2.76. The Labute approximate surface area is 91.5 Å². The second kappa shape index (κ2) is 6.67. The van der Waals surface area contributed by atoms with Gasteiger partial charge < -0.3 is 15.8 Å². The summed E-state index contributed by atoms with van der Waals surface area (Å²) < 4.78 is 4.53. The maximum atomic E-state index is 10.9. The monoisotopic (exact) mass is 214 g/mol. The molecular formula is C11H22N2O2. The molecule has 4 nitrogen and oxygen atoms in total. The van der Waals surface area contributed by atoms with Crippen molar-refractivity contribution in [3.8, 4) is 0 Å². The minimum absolute atomic E-state index is 0.320. The fourth-order valence-corrected chi connectivity index (χ4v) is 2.26. The van der Waals surface area contributed by atoms with Crippen molar-refractivity contribution >= 4 is 6.09 Å². The Balaban J connectivity index is 2.12. The number of ether oxygens (including phenoxy) is 1. The highest BCUT2D eigenvalue weighted by molar-refractivity contribution is 5.66.